The van der Waals surface area contributed by atoms with Crippen LogP contribution in [-0.4, -0.2) is 7.05 Å². The first-order valence-electron chi connectivity index (χ1n) is 4.40. The Balaban J connectivity index is 3.23. The van der Waals surface area contributed by atoms with Gasteiger partial charge in [-0.05, 0) is 20.0 Å². The number of nitrogens with one attached hydrogen (secondary N) is 1. The molecule has 15 heavy (non-hydrogen) atoms. The van der Waals surface area contributed by atoms with Crippen LogP contribution in [0.1, 0.15) is 24.1 Å². The van der Waals surface area contributed by atoms with Crippen LogP contribution in [0, 0.1) is 5.82 Å². The zero-order chi connectivity index (χ0) is 11.6. The van der Waals surface area contributed by atoms with Crippen LogP contribution in [0.25, 0.3) is 0 Å². The van der Waals surface area contributed by atoms with Crippen LogP contribution in [0.5, 0.6) is 0 Å². The van der Waals surface area contributed by atoms with Crippen LogP contribution in [0.3, 0.4) is 0 Å². The minimum atomic E-state index is -4.65. The highest BCUT2D eigenvalue weighted by molar-refractivity contribution is 5.30. The quantitative estimate of drug-likeness (QED) is 0.756. The molecule has 1 atom stereocenters. The van der Waals surface area contributed by atoms with Gasteiger partial charge in [0.2, 0.25) is 0 Å². The standard InChI is InChI=1S/C10H11F4N/c1-6(15-2)7-4-3-5-8(9(7)11)10(12,13)14/h3-6,15H,1-2H3/t6-/m1/s1. The summed E-state index contributed by atoms with van der Waals surface area (Å²) in [5.41, 5.74) is -1.20. The molecule has 1 rings (SSSR count). The van der Waals surface area contributed by atoms with Gasteiger partial charge in [-0.2, -0.15) is 13.2 Å². The van der Waals surface area contributed by atoms with Gasteiger partial charge in [-0.3, -0.25) is 0 Å². The monoisotopic (exact) mass is 221 g/mol. The van der Waals surface area contributed by atoms with E-state index in [-0.39, 0.29) is 5.56 Å². The van der Waals surface area contributed by atoms with Gasteiger partial charge in [0.15, 0.2) is 0 Å². The summed E-state index contributed by atoms with van der Waals surface area (Å²) in [6.07, 6.45) is -4.65. The van der Waals surface area contributed by atoms with E-state index < -0.39 is 23.6 Å². The van der Waals surface area contributed by atoms with Crippen molar-refractivity contribution in [1.29, 1.82) is 0 Å². The van der Waals surface area contributed by atoms with Crippen LogP contribution in [0.15, 0.2) is 18.2 Å². The van der Waals surface area contributed by atoms with E-state index in [0.717, 1.165) is 6.07 Å². The van der Waals surface area contributed by atoms with Crippen molar-refractivity contribution >= 4 is 0 Å². The van der Waals surface area contributed by atoms with E-state index in [1.165, 1.54) is 12.1 Å². The molecule has 0 aliphatic rings. The van der Waals surface area contributed by atoms with Crippen molar-refractivity contribution in [3.63, 3.8) is 0 Å². The van der Waals surface area contributed by atoms with Crippen molar-refractivity contribution in [3.05, 3.63) is 35.1 Å². The van der Waals surface area contributed by atoms with Crippen LogP contribution in [0.4, 0.5) is 17.6 Å². The molecule has 0 fully saturated rings. The van der Waals surface area contributed by atoms with Gasteiger partial charge in [0.05, 0.1) is 5.56 Å². The highest BCUT2D eigenvalue weighted by Gasteiger charge is 2.35. The second-order valence-corrected chi connectivity index (χ2v) is 3.22. The highest BCUT2D eigenvalue weighted by atomic mass is 19.4. The van der Waals surface area contributed by atoms with Gasteiger partial charge < -0.3 is 5.32 Å². The van der Waals surface area contributed by atoms with Gasteiger partial charge >= 0.3 is 6.18 Å². The molecule has 0 bridgehead atoms. The molecule has 1 aromatic carbocycles. The SMILES string of the molecule is CN[C@H](C)c1cccc(C(F)(F)F)c1F. The van der Waals surface area contributed by atoms with Crippen LogP contribution in [-0.2, 0) is 6.18 Å². The number of hydrogen-bond donors (Lipinski definition) is 1. The van der Waals surface area contributed by atoms with E-state index in [4.69, 9.17) is 0 Å². The first-order valence-corrected chi connectivity index (χ1v) is 4.40. The summed E-state index contributed by atoms with van der Waals surface area (Å²) in [7, 11) is 1.56. The predicted octanol–water partition coefficient (Wildman–Crippen LogP) is 3.12. The Hall–Kier alpha value is -1.10. The first-order chi connectivity index (χ1) is 6.88. The molecule has 0 spiro atoms. The maximum Gasteiger partial charge on any atom is 0.419 e. The zero-order valence-corrected chi connectivity index (χ0v) is 8.32. The predicted molar refractivity (Wildman–Crippen MR) is 48.9 cm³/mol. The molecule has 0 heterocycles. The van der Waals surface area contributed by atoms with E-state index in [2.05, 4.69) is 5.32 Å². The Labute approximate surface area is 85.1 Å². The van der Waals surface area contributed by atoms with Gasteiger partial charge in [0.1, 0.15) is 5.82 Å². The lowest BCUT2D eigenvalue weighted by molar-refractivity contribution is -0.140. The molecule has 84 valence electrons. The normalized spacial score (nSPS) is 14.0. The molecule has 1 aromatic rings. The summed E-state index contributed by atoms with van der Waals surface area (Å²) in [5, 5.41) is 2.69. The lowest BCUT2D eigenvalue weighted by Crippen LogP contribution is -2.17. The summed E-state index contributed by atoms with van der Waals surface area (Å²) >= 11 is 0. The molecule has 1 nitrogen and oxygen atoms in total. The van der Waals surface area contributed by atoms with E-state index in [9.17, 15) is 17.6 Å². The summed E-state index contributed by atoms with van der Waals surface area (Å²) in [6, 6.07) is 2.83. The number of halogens is 4. The fraction of sp³-hybridized carbons (Fsp3) is 0.400. The van der Waals surface area contributed by atoms with Crippen molar-refractivity contribution in [1.82, 2.24) is 5.32 Å². The van der Waals surface area contributed by atoms with Crippen molar-refractivity contribution in [3.8, 4) is 0 Å². The fourth-order valence-corrected chi connectivity index (χ4v) is 1.26. The van der Waals surface area contributed by atoms with Crippen molar-refractivity contribution < 1.29 is 17.6 Å². The molecular weight excluding hydrogens is 210 g/mol. The fourth-order valence-electron chi connectivity index (χ4n) is 1.26. The Bertz CT molecular complexity index is 346. The first kappa shape index (κ1) is 12.0. The summed E-state index contributed by atoms with van der Waals surface area (Å²) in [4.78, 5) is 0. The van der Waals surface area contributed by atoms with Crippen molar-refractivity contribution in [2.45, 2.75) is 19.1 Å². The van der Waals surface area contributed by atoms with Gasteiger partial charge in [0.25, 0.3) is 0 Å². The third kappa shape index (κ3) is 2.47. The Kier molecular flexibility index (Phi) is 3.34. The third-order valence-corrected chi connectivity index (χ3v) is 2.23. The average Bonchev–Trinajstić information content (AvgIpc) is 2.15. The Morgan fingerprint density at radius 1 is 1.27 bits per heavy atom. The van der Waals surface area contributed by atoms with Gasteiger partial charge in [-0.15, -0.1) is 0 Å². The van der Waals surface area contributed by atoms with Gasteiger partial charge in [-0.1, -0.05) is 12.1 Å². The summed E-state index contributed by atoms with van der Waals surface area (Å²) in [5.74, 6) is -1.20. The van der Waals surface area contributed by atoms with Gasteiger partial charge in [-0.25, -0.2) is 4.39 Å². The lowest BCUT2D eigenvalue weighted by Gasteiger charge is -2.15. The lowest BCUT2D eigenvalue weighted by atomic mass is 10.0. The zero-order valence-electron chi connectivity index (χ0n) is 8.32. The van der Waals surface area contributed by atoms with Gasteiger partial charge in [0, 0.05) is 11.6 Å². The number of alkyl halides is 3. The summed E-state index contributed by atoms with van der Waals surface area (Å²) < 4.78 is 50.5. The molecule has 0 amide bonds. The van der Waals surface area contributed by atoms with Crippen LogP contribution >= 0.6 is 0 Å². The molecule has 5 heteroatoms. The number of hydrogen-bond acceptors (Lipinski definition) is 1. The largest absolute Gasteiger partial charge is 0.419 e. The van der Waals surface area contributed by atoms with E-state index >= 15 is 0 Å². The van der Waals surface area contributed by atoms with E-state index in [1.807, 2.05) is 0 Å². The topological polar surface area (TPSA) is 12.0 Å². The maximum atomic E-state index is 13.4. The minimum Gasteiger partial charge on any atom is -0.313 e. The van der Waals surface area contributed by atoms with Crippen molar-refractivity contribution in [2.75, 3.05) is 7.05 Å². The molecule has 0 saturated heterocycles. The van der Waals surface area contributed by atoms with Crippen molar-refractivity contribution in [2.24, 2.45) is 0 Å². The van der Waals surface area contributed by atoms with E-state index in [1.54, 1.807) is 14.0 Å². The molecule has 0 saturated carbocycles. The Morgan fingerprint density at radius 3 is 2.33 bits per heavy atom. The highest BCUT2D eigenvalue weighted by Crippen LogP contribution is 2.33. The second kappa shape index (κ2) is 4.18. The average molecular weight is 221 g/mol. The number of benzene rings is 1. The third-order valence-electron chi connectivity index (χ3n) is 2.23. The molecular formula is C10H11F4N. The summed E-state index contributed by atoms with van der Waals surface area (Å²) in [6.45, 7) is 1.60. The molecule has 0 radical (unpaired) electrons. The maximum absolute atomic E-state index is 13.4. The Morgan fingerprint density at radius 2 is 1.87 bits per heavy atom. The molecule has 0 aliphatic heterocycles. The smallest absolute Gasteiger partial charge is 0.313 e. The van der Waals surface area contributed by atoms with Crippen LogP contribution in [0.2, 0.25) is 0 Å². The molecule has 0 aliphatic carbocycles. The van der Waals surface area contributed by atoms with Crippen LogP contribution < -0.4 is 5.32 Å². The molecule has 0 unspecified atom stereocenters. The second-order valence-electron chi connectivity index (χ2n) is 3.22. The molecule has 0 aromatic heterocycles. The minimum absolute atomic E-state index is 0.0207. The van der Waals surface area contributed by atoms with E-state index in [0.29, 0.717) is 0 Å². The number of rotatable bonds is 2. The molecule has 1 N–H and O–H groups in total.